The highest BCUT2D eigenvalue weighted by molar-refractivity contribution is 6.09. The standard InChI is InChI=1S/C64H44N4/c1-2-15-43(16-3-1)48-17-12-18-49(39-48)44-31-35-46(36-32-44)58-42-59(66-64(65-58)51-20-14-22-53(41-51)68-62-29-10-6-25-56(62)57-26-7-11-30-63(57)68)47-37-33-45(34-38-47)50-19-13-21-52(40-50)67-60-27-8-4-23-54(60)55-24-5-9-28-61(55)67/h1-10,12-29,31-42H,11,30H2. The molecule has 3 heterocycles. The van der Waals surface area contributed by atoms with Crippen molar-refractivity contribution >= 4 is 38.8 Å². The van der Waals surface area contributed by atoms with Crippen molar-refractivity contribution in [2.45, 2.75) is 12.8 Å². The Bertz CT molecular complexity index is 3840. The SMILES string of the molecule is C1=Cc2c(n(-c3cccc(-c4nc(-c5ccc(-c6cccc(-c7ccccc7)c6)cc5)cc(-c5ccc(-c6cccc(-n7c8ccccc8c8ccccc87)c6)cc5)n4)c3)c3ccccc23)CC1. The van der Waals surface area contributed by atoms with Gasteiger partial charge in [-0.05, 0) is 101 Å². The van der Waals surface area contributed by atoms with Crippen LogP contribution in [0.2, 0.25) is 0 Å². The number of allylic oxidation sites excluding steroid dienone is 1. The van der Waals surface area contributed by atoms with E-state index in [4.69, 9.17) is 9.97 Å². The van der Waals surface area contributed by atoms with Gasteiger partial charge in [-0.25, -0.2) is 9.97 Å². The van der Waals surface area contributed by atoms with Gasteiger partial charge in [0, 0.05) is 55.5 Å². The molecular formula is C64H44N4. The second kappa shape index (κ2) is 16.5. The van der Waals surface area contributed by atoms with Gasteiger partial charge >= 0.3 is 0 Å². The van der Waals surface area contributed by atoms with Gasteiger partial charge in [0.1, 0.15) is 0 Å². The molecule has 0 unspecified atom stereocenters. The van der Waals surface area contributed by atoms with Crippen LogP contribution in [0.25, 0.3) is 117 Å². The molecule has 0 atom stereocenters. The van der Waals surface area contributed by atoms with Crippen LogP contribution in [0.15, 0.2) is 237 Å². The minimum absolute atomic E-state index is 0.687. The van der Waals surface area contributed by atoms with Crippen molar-refractivity contribution < 1.29 is 0 Å². The molecular weight excluding hydrogens is 825 g/mol. The summed E-state index contributed by atoms with van der Waals surface area (Å²) in [5.41, 5.74) is 20.3. The Balaban J connectivity index is 0.895. The fraction of sp³-hybridized carbons (Fsp3) is 0.0312. The van der Waals surface area contributed by atoms with Gasteiger partial charge in [0.05, 0.1) is 27.9 Å². The molecule has 0 aliphatic heterocycles. The van der Waals surface area contributed by atoms with Crippen LogP contribution >= 0.6 is 0 Å². The lowest BCUT2D eigenvalue weighted by Crippen LogP contribution is -2.03. The lowest BCUT2D eigenvalue weighted by Gasteiger charge is -2.15. The van der Waals surface area contributed by atoms with E-state index in [2.05, 4.69) is 252 Å². The third-order valence-electron chi connectivity index (χ3n) is 13.6. The van der Waals surface area contributed by atoms with E-state index in [1.807, 2.05) is 0 Å². The largest absolute Gasteiger partial charge is 0.313 e. The molecule has 0 saturated heterocycles. The summed E-state index contributed by atoms with van der Waals surface area (Å²) in [7, 11) is 0. The normalized spacial score (nSPS) is 12.2. The molecule has 1 aliphatic carbocycles. The number of aromatic nitrogens is 4. The molecule has 4 heteroatoms. The smallest absolute Gasteiger partial charge is 0.160 e. The lowest BCUT2D eigenvalue weighted by atomic mass is 9.97. The minimum Gasteiger partial charge on any atom is -0.313 e. The van der Waals surface area contributed by atoms with E-state index >= 15 is 0 Å². The van der Waals surface area contributed by atoms with E-state index < -0.39 is 0 Å². The van der Waals surface area contributed by atoms with Crippen LogP contribution in [-0.2, 0) is 6.42 Å². The van der Waals surface area contributed by atoms with Gasteiger partial charge in [0.25, 0.3) is 0 Å². The first-order chi connectivity index (χ1) is 33.7. The number of hydrogen-bond acceptors (Lipinski definition) is 2. The molecule has 3 aromatic heterocycles. The third-order valence-corrected chi connectivity index (χ3v) is 13.6. The van der Waals surface area contributed by atoms with Gasteiger partial charge in [0.2, 0.25) is 0 Å². The Labute approximate surface area is 395 Å². The van der Waals surface area contributed by atoms with Gasteiger partial charge in [-0.3, -0.25) is 0 Å². The summed E-state index contributed by atoms with van der Waals surface area (Å²) >= 11 is 0. The summed E-state index contributed by atoms with van der Waals surface area (Å²) in [6.07, 6.45) is 6.61. The van der Waals surface area contributed by atoms with E-state index in [1.54, 1.807) is 0 Å². The van der Waals surface area contributed by atoms with Crippen LogP contribution in [0.4, 0.5) is 0 Å². The third kappa shape index (κ3) is 6.94. The Morgan fingerprint density at radius 3 is 1.38 bits per heavy atom. The zero-order chi connectivity index (χ0) is 45.0. The molecule has 9 aromatic carbocycles. The van der Waals surface area contributed by atoms with Crippen molar-refractivity contribution in [1.82, 2.24) is 19.1 Å². The Hall–Kier alpha value is -8.86. The maximum Gasteiger partial charge on any atom is 0.160 e. The van der Waals surface area contributed by atoms with E-state index in [-0.39, 0.29) is 0 Å². The minimum atomic E-state index is 0.687. The highest BCUT2D eigenvalue weighted by atomic mass is 15.0. The topological polar surface area (TPSA) is 35.6 Å². The number of fused-ring (bicyclic) bond motifs is 6. The monoisotopic (exact) mass is 868 g/mol. The van der Waals surface area contributed by atoms with Gasteiger partial charge in [-0.15, -0.1) is 0 Å². The molecule has 320 valence electrons. The first-order valence-electron chi connectivity index (χ1n) is 23.4. The molecule has 0 saturated carbocycles. The van der Waals surface area contributed by atoms with Gasteiger partial charge in [0.15, 0.2) is 5.82 Å². The van der Waals surface area contributed by atoms with E-state index in [9.17, 15) is 0 Å². The zero-order valence-electron chi connectivity index (χ0n) is 37.3. The van der Waals surface area contributed by atoms with Crippen LogP contribution in [-0.4, -0.2) is 19.1 Å². The van der Waals surface area contributed by atoms with Crippen LogP contribution < -0.4 is 0 Å². The van der Waals surface area contributed by atoms with E-state index in [0.717, 1.165) is 69.0 Å². The van der Waals surface area contributed by atoms with Crippen molar-refractivity contribution in [2.75, 3.05) is 0 Å². The molecule has 0 spiro atoms. The Kier molecular flexibility index (Phi) is 9.61. The summed E-state index contributed by atoms with van der Waals surface area (Å²) < 4.78 is 4.81. The summed E-state index contributed by atoms with van der Waals surface area (Å²) in [6.45, 7) is 0. The quantitative estimate of drug-likeness (QED) is 0.153. The van der Waals surface area contributed by atoms with Gasteiger partial charge in [-0.2, -0.15) is 0 Å². The predicted molar refractivity (Wildman–Crippen MR) is 283 cm³/mol. The van der Waals surface area contributed by atoms with Gasteiger partial charge < -0.3 is 9.13 Å². The Morgan fingerprint density at radius 1 is 0.324 bits per heavy atom. The zero-order valence-corrected chi connectivity index (χ0v) is 37.3. The first-order valence-corrected chi connectivity index (χ1v) is 23.4. The molecule has 1 aliphatic rings. The first kappa shape index (κ1) is 39.5. The fourth-order valence-electron chi connectivity index (χ4n) is 10.3. The average Bonchev–Trinajstić information content (AvgIpc) is 3.94. The number of para-hydroxylation sites is 3. The lowest BCUT2D eigenvalue weighted by molar-refractivity contribution is 0.888. The van der Waals surface area contributed by atoms with Crippen LogP contribution in [0, 0.1) is 0 Å². The number of benzene rings is 9. The summed E-state index contributed by atoms with van der Waals surface area (Å²) in [5, 5.41) is 3.79. The molecule has 0 bridgehead atoms. The van der Waals surface area contributed by atoms with E-state index in [1.165, 1.54) is 60.7 Å². The molecule has 0 fully saturated rings. The number of rotatable bonds is 8. The van der Waals surface area contributed by atoms with E-state index in [0.29, 0.717) is 5.82 Å². The van der Waals surface area contributed by atoms with Crippen LogP contribution in [0.5, 0.6) is 0 Å². The van der Waals surface area contributed by atoms with Crippen molar-refractivity contribution in [3.63, 3.8) is 0 Å². The second-order valence-corrected chi connectivity index (χ2v) is 17.7. The molecule has 13 rings (SSSR count). The van der Waals surface area contributed by atoms with Crippen molar-refractivity contribution in [3.05, 3.63) is 248 Å². The molecule has 0 amide bonds. The average molecular weight is 869 g/mol. The predicted octanol–water partition coefficient (Wildman–Crippen LogP) is 16.5. The maximum absolute atomic E-state index is 5.35. The Morgan fingerprint density at radius 2 is 0.765 bits per heavy atom. The maximum atomic E-state index is 5.35. The van der Waals surface area contributed by atoms with Crippen LogP contribution in [0.1, 0.15) is 17.7 Å². The molecule has 12 aromatic rings. The molecule has 4 nitrogen and oxygen atoms in total. The summed E-state index contributed by atoms with van der Waals surface area (Å²) in [5.74, 6) is 0.687. The molecule has 68 heavy (non-hydrogen) atoms. The highest BCUT2D eigenvalue weighted by Gasteiger charge is 2.20. The number of nitrogens with zero attached hydrogens (tertiary/aromatic N) is 4. The van der Waals surface area contributed by atoms with Crippen molar-refractivity contribution in [2.24, 2.45) is 0 Å². The molecule has 0 radical (unpaired) electrons. The summed E-state index contributed by atoms with van der Waals surface area (Å²) in [4.78, 5) is 10.7. The van der Waals surface area contributed by atoms with Crippen molar-refractivity contribution in [1.29, 1.82) is 0 Å². The number of hydrogen-bond donors (Lipinski definition) is 0. The van der Waals surface area contributed by atoms with Gasteiger partial charge in [-0.1, -0.05) is 188 Å². The fourth-order valence-corrected chi connectivity index (χ4v) is 10.3. The van der Waals surface area contributed by atoms with Crippen LogP contribution in [0.3, 0.4) is 0 Å². The summed E-state index contributed by atoms with van der Waals surface area (Å²) in [6, 6.07) is 82.8. The highest BCUT2D eigenvalue weighted by Crippen LogP contribution is 2.38. The second-order valence-electron chi connectivity index (χ2n) is 17.7. The van der Waals surface area contributed by atoms with Crippen molar-refractivity contribution in [3.8, 4) is 78.7 Å². The molecule has 0 N–H and O–H groups in total.